The number of hydrogen-bond donors (Lipinski definition) is 2. The number of rotatable bonds is 9. The number of aromatic nitrogens is 2. The van der Waals surface area contributed by atoms with Crippen LogP contribution in [0.5, 0.6) is 0 Å². The fourth-order valence-corrected chi connectivity index (χ4v) is 2.06. The molecule has 0 spiro atoms. The molecular formula is C16H23N3O2. The number of imidazole rings is 1. The van der Waals surface area contributed by atoms with E-state index in [0.29, 0.717) is 19.8 Å². The Morgan fingerprint density at radius 1 is 1.33 bits per heavy atom. The van der Waals surface area contributed by atoms with E-state index < -0.39 is 6.10 Å². The Morgan fingerprint density at radius 3 is 2.86 bits per heavy atom. The molecule has 1 aromatic carbocycles. The van der Waals surface area contributed by atoms with E-state index >= 15 is 0 Å². The van der Waals surface area contributed by atoms with Crippen molar-refractivity contribution in [1.82, 2.24) is 14.9 Å². The van der Waals surface area contributed by atoms with Crippen molar-refractivity contribution in [3.8, 4) is 0 Å². The van der Waals surface area contributed by atoms with Crippen molar-refractivity contribution >= 4 is 0 Å². The van der Waals surface area contributed by atoms with Gasteiger partial charge in [-0.25, -0.2) is 4.98 Å². The van der Waals surface area contributed by atoms with E-state index in [0.717, 1.165) is 12.1 Å². The van der Waals surface area contributed by atoms with Crippen molar-refractivity contribution < 1.29 is 9.84 Å². The van der Waals surface area contributed by atoms with Crippen LogP contribution in [-0.2, 0) is 17.9 Å². The maximum atomic E-state index is 9.90. The van der Waals surface area contributed by atoms with Gasteiger partial charge in [0.15, 0.2) is 0 Å². The molecule has 21 heavy (non-hydrogen) atoms. The normalized spacial score (nSPS) is 14.0. The smallest absolute Gasteiger partial charge is 0.0946 e. The molecule has 2 atom stereocenters. The molecule has 5 heteroatoms. The summed E-state index contributed by atoms with van der Waals surface area (Å²) in [5.41, 5.74) is 1.12. The molecule has 0 amide bonds. The summed E-state index contributed by atoms with van der Waals surface area (Å²) in [6.07, 6.45) is 4.98. The Balaban J connectivity index is 1.58. The SMILES string of the molecule is CC(Cn1ccnc1)NCC(O)COCc1ccccc1. The summed E-state index contributed by atoms with van der Waals surface area (Å²) in [7, 11) is 0. The molecule has 1 aromatic heterocycles. The Morgan fingerprint density at radius 2 is 2.14 bits per heavy atom. The number of hydrogen-bond acceptors (Lipinski definition) is 4. The minimum absolute atomic E-state index is 0.267. The van der Waals surface area contributed by atoms with E-state index in [1.807, 2.05) is 41.1 Å². The molecule has 114 valence electrons. The van der Waals surface area contributed by atoms with Crippen LogP contribution in [0.3, 0.4) is 0 Å². The second-order valence-electron chi connectivity index (χ2n) is 5.22. The Kier molecular flexibility index (Phi) is 6.40. The van der Waals surface area contributed by atoms with Gasteiger partial charge in [-0.15, -0.1) is 0 Å². The van der Waals surface area contributed by atoms with Gasteiger partial charge in [-0.3, -0.25) is 0 Å². The highest BCUT2D eigenvalue weighted by Gasteiger charge is 2.08. The van der Waals surface area contributed by atoms with E-state index in [4.69, 9.17) is 4.74 Å². The first-order valence-electron chi connectivity index (χ1n) is 7.23. The molecule has 0 aliphatic heterocycles. The van der Waals surface area contributed by atoms with Gasteiger partial charge >= 0.3 is 0 Å². The lowest BCUT2D eigenvalue weighted by Gasteiger charge is -2.17. The number of ether oxygens (including phenoxy) is 1. The second-order valence-corrected chi connectivity index (χ2v) is 5.22. The number of benzene rings is 1. The van der Waals surface area contributed by atoms with Crippen molar-refractivity contribution in [1.29, 1.82) is 0 Å². The molecule has 1 heterocycles. The Labute approximate surface area is 125 Å². The van der Waals surface area contributed by atoms with Crippen LogP contribution in [-0.4, -0.2) is 40.0 Å². The van der Waals surface area contributed by atoms with Crippen LogP contribution in [0.1, 0.15) is 12.5 Å². The Hall–Kier alpha value is -1.69. The number of aliphatic hydroxyl groups is 1. The third-order valence-electron chi connectivity index (χ3n) is 3.17. The topological polar surface area (TPSA) is 59.3 Å². The van der Waals surface area contributed by atoms with Gasteiger partial charge < -0.3 is 19.7 Å². The Bertz CT molecular complexity index is 487. The highest BCUT2D eigenvalue weighted by atomic mass is 16.5. The lowest BCUT2D eigenvalue weighted by molar-refractivity contribution is 0.0276. The van der Waals surface area contributed by atoms with Crippen molar-refractivity contribution in [3.63, 3.8) is 0 Å². The molecule has 0 fully saturated rings. The standard InChI is InChI=1S/C16H23N3O2/c1-14(10-19-8-7-17-13-19)18-9-16(20)12-21-11-15-5-3-2-4-6-15/h2-8,13-14,16,18,20H,9-12H2,1H3. The minimum Gasteiger partial charge on any atom is -0.389 e. The zero-order chi connectivity index (χ0) is 14.9. The van der Waals surface area contributed by atoms with Gasteiger partial charge in [-0.1, -0.05) is 30.3 Å². The monoisotopic (exact) mass is 289 g/mol. The molecular weight excluding hydrogens is 266 g/mol. The quantitative estimate of drug-likeness (QED) is 0.733. The van der Waals surface area contributed by atoms with Crippen molar-refractivity contribution in [3.05, 3.63) is 54.6 Å². The predicted molar refractivity (Wildman–Crippen MR) is 81.8 cm³/mol. The van der Waals surface area contributed by atoms with Crippen molar-refractivity contribution in [2.75, 3.05) is 13.2 Å². The first-order chi connectivity index (χ1) is 10.2. The lowest BCUT2D eigenvalue weighted by Crippen LogP contribution is -2.37. The zero-order valence-corrected chi connectivity index (χ0v) is 12.4. The lowest BCUT2D eigenvalue weighted by atomic mass is 10.2. The molecule has 2 N–H and O–H groups in total. The fraction of sp³-hybridized carbons (Fsp3) is 0.438. The summed E-state index contributed by atoms with van der Waals surface area (Å²) in [5, 5.41) is 13.2. The largest absolute Gasteiger partial charge is 0.389 e. The summed E-state index contributed by atoms with van der Waals surface area (Å²) in [6, 6.07) is 10.2. The molecule has 0 bridgehead atoms. The molecule has 0 saturated carbocycles. The van der Waals surface area contributed by atoms with Gasteiger partial charge in [0.2, 0.25) is 0 Å². The molecule has 0 aliphatic carbocycles. The van der Waals surface area contributed by atoms with E-state index in [1.165, 1.54) is 0 Å². The molecule has 2 unspecified atom stereocenters. The first-order valence-corrected chi connectivity index (χ1v) is 7.23. The third-order valence-corrected chi connectivity index (χ3v) is 3.17. The molecule has 0 saturated heterocycles. The van der Waals surface area contributed by atoms with Gasteiger partial charge in [0, 0.05) is 31.5 Å². The third kappa shape index (κ3) is 6.08. The van der Waals surface area contributed by atoms with Gasteiger partial charge in [0.05, 0.1) is 25.6 Å². The molecule has 2 aromatic rings. The predicted octanol–water partition coefficient (Wildman–Crippen LogP) is 1.44. The van der Waals surface area contributed by atoms with E-state index in [9.17, 15) is 5.11 Å². The van der Waals surface area contributed by atoms with E-state index in [1.54, 1.807) is 12.5 Å². The number of nitrogens with zero attached hydrogens (tertiary/aromatic N) is 2. The van der Waals surface area contributed by atoms with Gasteiger partial charge in [-0.05, 0) is 12.5 Å². The summed E-state index contributed by atoms with van der Waals surface area (Å²) >= 11 is 0. The summed E-state index contributed by atoms with van der Waals surface area (Å²) in [4.78, 5) is 4.01. The first kappa shape index (κ1) is 15.7. The van der Waals surface area contributed by atoms with Gasteiger partial charge in [-0.2, -0.15) is 0 Å². The molecule has 0 aliphatic rings. The van der Waals surface area contributed by atoms with Crippen LogP contribution < -0.4 is 5.32 Å². The van der Waals surface area contributed by atoms with E-state index in [-0.39, 0.29) is 6.04 Å². The van der Waals surface area contributed by atoms with E-state index in [2.05, 4.69) is 17.2 Å². The molecule has 5 nitrogen and oxygen atoms in total. The highest BCUT2D eigenvalue weighted by Crippen LogP contribution is 2.01. The molecule has 2 rings (SSSR count). The number of aliphatic hydroxyl groups excluding tert-OH is 1. The second kappa shape index (κ2) is 8.56. The minimum atomic E-state index is -0.501. The van der Waals surface area contributed by atoms with Crippen molar-refractivity contribution in [2.24, 2.45) is 0 Å². The van der Waals surface area contributed by atoms with Gasteiger partial charge in [0.1, 0.15) is 0 Å². The van der Waals surface area contributed by atoms with Gasteiger partial charge in [0.25, 0.3) is 0 Å². The summed E-state index contributed by atoms with van der Waals surface area (Å²) in [6.45, 7) is 4.29. The average molecular weight is 289 g/mol. The zero-order valence-electron chi connectivity index (χ0n) is 12.4. The summed E-state index contributed by atoms with van der Waals surface area (Å²) in [5.74, 6) is 0. The fourth-order valence-electron chi connectivity index (χ4n) is 2.06. The van der Waals surface area contributed by atoms with Crippen LogP contribution in [0.2, 0.25) is 0 Å². The summed E-state index contributed by atoms with van der Waals surface area (Å²) < 4.78 is 7.52. The van der Waals surface area contributed by atoms with Crippen molar-refractivity contribution in [2.45, 2.75) is 32.2 Å². The van der Waals surface area contributed by atoms with Crippen LogP contribution in [0.15, 0.2) is 49.1 Å². The maximum absolute atomic E-state index is 9.90. The molecule has 0 radical (unpaired) electrons. The highest BCUT2D eigenvalue weighted by molar-refractivity contribution is 5.13. The number of nitrogens with one attached hydrogen (secondary N) is 1. The van der Waals surface area contributed by atoms with Crippen LogP contribution >= 0.6 is 0 Å². The maximum Gasteiger partial charge on any atom is 0.0946 e. The van der Waals surface area contributed by atoms with Crippen LogP contribution in [0, 0.1) is 0 Å². The van der Waals surface area contributed by atoms with Crippen LogP contribution in [0.25, 0.3) is 0 Å². The average Bonchev–Trinajstić information content (AvgIpc) is 2.99. The van der Waals surface area contributed by atoms with Crippen LogP contribution in [0.4, 0.5) is 0 Å².